The molecule has 0 radical (unpaired) electrons. The second-order valence-corrected chi connectivity index (χ2v) is 8.31. The van der Waals surface area contributed by atoms with Gasteiger partial charge in [0, 0.05) is 43.3 Å². The Hall–Kier alpha value is -2.33. The minimum absolute atomic E-state index is 0.755. The molecular formula is C26H29ClN2O. The average Bonchev–Trinajstić information content (AvgIpc) is 2.78. The van der Waals surface area contributed by atoms with Gasteiger partial charge in [0.05, 0.1) is 0 Å². The summed E-state index contributed by atoms with van der Waals surface area (Å²) < 4.78 is 6.13. The molecule has 0 unspecified atom stereocenters. The molecule has 1 aliphatic heterocycles. The van der Waals surface area contributed by atoms with E-state index in [2.05, 4.69) is 40.1 Å². The molecule has 0 atom stereocenters. The maximum absolute atomic E-state index is 6.29. The number of rotatable bonds is 8. The normalized spacial score (nSPS) is 15.2. The minimum atomic E-state index is 0.755. The third kappa shape index (κ3) is 6.09. The van der Waals surface area contributed by atoms with Crippen LogP contribution in [0.25, 0.3) is 0 Å². The van der Waals surface area contributed by atoms with Crippen LogP contribution in [0.1, 0.15) is 17.5 Å². The number of nitrogens with zero attached hydrogens (tertiary/aromatic N) is 2. The summed E-state index contributed by atoms with van der Waals surface area (Å²) in [4.78, 5) is 5.08. The lowest BCUT2D eigenvalue weighted by Gasteiger charge is -2.35. The zero-order valence-corrected chi connectivity index (χ0v) is 18.1. The van der Waals surface area contributed by atoms with Crippen molar-refractivity contribution in [1.29, 1.82) is 0 Å². The smallest absolute Gasteiger partial charge is 0.132 e. The molecule has 0 bridgehead atoms. The van der Waals surface area contributed by atoms with Crippen LogP contribution in [-0.2, 0) is 13.0 Å². The lowest BCUT2D eigenvalue weighted by Crippen LogP contribution is -2.46. The maximum Gasteiger partial charge on any atom is 0.132 e. The molecule has 3 aromatic rings. The molecule has 1 heterocycles. The highest BCUT2D eigenvalue weighted by Gasteiger charge is 2.18. The molecule has 0 aliphatic carbocycles. The van der Waals surface area contributed by atoms with Crippen molar-refractivity contribution in [1.82, 2.24) is 9.80 Å². The molecule has 1 aliphatic rings. The fraction of sp³-hybridized carbons (Fsp3) is 0.308. The summed E-state index contributed by atoms with van der Waals surface area (Å²) in [6, 6.07) is 26.6. The second-order valence-electron chi connectivity index (χ2n) is 7.87. The number of para-hydroxylation sites is 1. The highest BCUT2D eigenvalue weighted by atomic mass is 35.5. The topological polar surface area (TPSA) is 15.7 Å². The first-order chi connectivity index (χ1) is 14.8. The molecule has 0 N–H and O–H groups in total. The number of benzene rings is 3. The molecule has 4 heteroatoms. The molecule has 1 fully saturated rings. The van der Waals surface area contributed by atoms with Crippen molar-refractivity contribution >= 4 is 11.6 Å². The Morgan fingerprint density at radius 3 is 2.17 bits per heavy atom. The van der Waals surface area contributed by atoms with E-state index in [4.69, 9.17) is 16.3 Å². The Morgan fingerprint density at radius 1 is 0.767 bits per heavy atom. The summed E-state index contributed by atoms with van der Waals surface area (Å²) in [5.74, 6) is 1.74. The maximum atomic E-state index is 6.29. The quantitative estimate of drug-likeness (QED) is 0.452. The highest BCUT2D eigenvalue weighted by molar-refractivity contribution is 6.30. The molecule has 0 amide bonds. The van der Waals surface area contributed by atoms with Crippen LogP contribution >= 0.6 is 11.6 Å². The SMILES string of the molecule is Clc1ccc(Oc2ccccc2)c(CN2CCN(CCCc3ccccc3)CC2)c1. The summed E-state index contributed by atoms with van der Waals surface area (Å²) in [7, 11) is 0. The van der Waals surface area contributed by atoms with E-state index in [-0.39, 0.29) is 0 Å². The van der Waals surface area contributed by atoms with E-state index in [0.717, 1.165) is 61.2 Å². The third-order valence-corrected chi connectivity index (χ3v) is 5.87. The summed E-state index contributed by atoms with van der Waals surface area (Å²) in [6.45, 7) is 6.41. The Labute approximate surface area is 184 Å². The van der Waals surface area contributed by atoms with Crippen molar-refractivity contribution in [3.63, 3.8) is 0 Å². The van der Waals surface area contributed by atoms with Crippen LogP contribution in [0.5, 0.6) is 11.5 Å². The van der Waals surface area contributed by atoms with Crippen molar-refractivity contribution in [3.05, 3.63) is 95.0 Å². The first-order valence-electron chi connectivity index (χ1n) is 10.8. The zero-order chi connectivity index (χ0) is 20.6. The predicted molar refractivity (Wildman–Crippen MR) is 124 cm³/mol. The van der Waals surface area contributed by atoms with Crippen LogP contribution < -0.4 is 4.74 Å². The number of ether oxygens (including phenoxy) is 1. The molecule has 0 aromatic heterocycles. The number of aryl methyl sites for hydroxylation is 1. The van der Waals surface area contributed by atoms with Crippen LogP contribution in [-0.4, -0.2) is 42.5 Å². The van der Waals surface area contributed by atoms with Gasteiger partial charge in [-0.25, -0.2) is 0 Å². The van der Waals surface area contributed by atoms with Gasteiger partial charge in [-0.15, -0.1) is 0 Å². The molecule has 1 saturated heterocycles. The summed E-state index contributed by atoms with van der Waals surface area (Å²) >= 11 is 6.29. The van der Waals surface area contributed by atoms with E-state index in [1.165, 1.54) is 18.5 Å². The van der Waals surface area contributed by atoms with E-state index < -0.39 is 0 Å². The molecule has 3 aromatic carbocycles. The summed E-state index contributed by atoms with van der Waals surface area (Å²) in [5.41, 5.74) is 2.58. The van der Waals surface area contributed by atoms with Crippen LogP contribution in [0.4, 0.5) is 0 Å². The molecule has 3 nitrogen and oxygen atoms in total. The highest BCUT2D eigenvalue weighted by Crippen LogP contribution is 2.29. The van der Waals surface area contributed by atoms with Crippen LogP contribution in [0.3, 0.4) is 0 Å². The molecule has 30 heavy (non-hydrogen) atoms. The van der Waals surface area contributed by atoms with Gasteiger partial charge >= 0.3 is 0 Å². The van der Waals surface area contributed by atoms with Crippen molar-refractivity contribution in [2.24, 2.45) is 0 Å². The van der Waals surface area contributed by atoms with Gasteiger partial charge in [0.15, 0.2) is 0 Å². The fourth-order valence-electron chi connectivity index (χ4n) is 3.95. The van der Waals surface area contributed by atoms with Gasteiger partial charge in [0.25, 0.3) is 0 Å². The Balaban J connectivity index is 1.28. The summed E-state index contributed by atoms with van der Waals surface area (Å²) in [6.07, 6.45) is 2.37. The average molecular weight is 421 g/mol. The Kier molecular flexibility index (Phi) is 7.41. The fourth-order valence-corrected chi connectivity index (χ4v) is 4.14. The van der Waals surface area contributed by atoms with E-state index in [1.54, 1.807) is 0 Å². The van der Waals surface area contributed by atoms with Crippen LogP contribution in [0.2, 0.25) is 5.02 Å². The van der Waals surface area contributed by atoms with Gasteiger partial charge < -0.3 is 9.64 Å². The molecule has 4 rings (SSSR count). The molecule has 0 spiro atoms. The lowest BCUT2D eigenvalue weighted by molar-refractivity contribution is 0.125. The van der Waals surface area contributed by atoms with Crippen molar-refractivity contribution in [2.45, 2.75) is 19.4 Å². The molecule has 156 valence electrons. The van der Waals surface area contributed by atoms with Gasteiger partial charge in [0.2, 0.25) is 0 Å². The van der Waals surface area contributed by atoms with Crippen LogP contribution in [0.15, 0.2) is 78.9 Å². The van der Waals surface area contributed by atoms with Gasteiger partial charge in [-0.1, -0.05) is 60.1 Å². The van der Waals surface area contributed by atoms with Gasteiger partial charge in [0.1, 0.15) is 11.5 Å². The van der Waals surface area contributed by atoms with Gasteiger partial charge in [-0.3, -0.25) is 4.90 Å². The standard InChI is InChI=1S/C26H29ClN2O/c27-24-13-14-26(30-25-11-5-2-6-12-25)23(20-24)21-29-18-16-28(17-19-29)15-7-10-22-8-3-1-4-9-22/h1-6,8-9,11-14,20H,7,10,15-19,21H2. The van der Waals surface area contributed by atoms with Gasteiger partial charge in [-0.2, -0.15) is 0 Å². The van der Waals surface area contributed by atoms with Crippen molar-refractivity contribution in [2.75, 3.05) is 32.7 Å². The Bertz CT molecular complexity index is 909. The number of hydrogen-bond acceptors (Lipinski definition) is 3. The number of piperazine rings is 1. The van der Waals surface area contributed by atoms with E-state index in [9.17, 15) is 0 Å². The zero-order valence-electron chi connectivity index (χ0n) is 17.3. The Morgan fingerprint density at radius 2 is 1.43 bits per heavy atom. The van der Waals surface area contributed by atoms with E-state index in [0.29, 0.717) is 0 Å². The second kappa shape index (κ2) is 10.6. The number of halogens is 1. The minimum Gasteiger partial charge on any atom is -0.457 e. The molecular weight excluding hydrogens is 392 g/mol. The first kappa shape index (κ1) is 20.9. The van der Waals surface area contributed by atoms with E-state index in [1.807, 2.05) is 48.5 Å². The number of hydrogen-bond donors (Lipinski definition) is 0. The first-order valence-corrected chi connectivity index (χ1v) is 11.1. The van der Waals surface area contributed by atoms with Crippen molar-refractivity contribution < 1.29 is 4.74 Å². The predicted octanol–water partition coefficient (Wildman–Crippen LogP) is 5.88. The largest absolute Gasteiger partial charge is 0.457 e. The van der Waals surface area contributed by atoms with Gasteiger partial charge in [-0.05, 0) is 55.3 Å². The third-order valence-electron chi connectivity index (χ3n) is 5.64. The lowest BCUT2D eigenvalue weighted by atomic mass is 10.1. The monoisotopic (exact) mass is 420 g/mol. The molecule has 0 saturated carbocycles. The van der Waals surface area contributed by atoms with Crippen molar-refractivity contribution in [3.8, 4) is 11.5 Å². The van der Waals surface area contributed by atoms with Crippen LogP contribution in [0, 0.1) is 0 Å². The van der Waals surface area contributed by atoms with E-state index >= 15 is 0 Å². The summed E-state index contributed by atoms with van der Waals surface area (Å²) in [5, 5.41) is 0.755.